The molecule has 2 heterocycles. The molecule has 2 aromatic rings. The molecular weight excluding hydrogens is 359 g/mol. The van der Waals surface area contributed by atoms with Gasteiger partial charge in [-0.05, 0) is 42.8 Å². The predicted octanol–water partition coefficient (Wildman–Crippen LogP) is 3.20. The number of halogens is 1. The first-order valence-electron chi connectivity index (χ1n) is 9.69. The summed E-state index contributed by atoms with van der Waals surface area (Å²) in [6, 6.07) is 14.2. The molecule has 28 heavy (non-hydrogen) atoms. The van der Waals surface area contributed by atoms with E-state index in [1.54, 1.807) is 7.11 Å². The van der Waals surface area contributed by atoms with Gasteiger partial charge in [-0.15, -0.1) is 0 Å². The molecular formula is C22H25FN2O3. The summed E-state index contributed by atoms with van der Waals surface area (Å²) < 4.78 is 24.5. The molecule has 5 nitrogen and oxygen atoms in total. The minimum atomic E-state index is -0.233. The number of hydrogen-bond acceptors (Lipinski definition) is 4. The molecule has 0 radical (unpaired) electrons. The molecule has 2 fully saturated rings. The highest BCUT2D eigenvalue weighted by molar-refractivity contribution is 5.97. The van der Waals surface area contributed by atoms with Gasteiger partial charge in [-0.1, -0.05) is 12.1 Å². The van der Waals surface area contributed by atoms with Crippen LogP contribution in [0.5, 0.6) is 5.75 Å². The normalized spacial score (nSPS) is 22.4. The molecule has 0 saturated carbocycles. The van der Waals surface area contributed by atoms with Crippen LogP contribution in [-0.4, -0.2) is 56.8 Å². The first-order chi connectivity index (χ1) is 13.7. The van der Waals surface area contributed by atoms with E-state index < -0.39 is 0 Å². The van der Waals surface area contributed by atoms with Crippen LogP contribution in [0.3, 0.4) is 0 Å². The predicted molar refractivity (Wildman–Crippen MR) is 105 cm³/mol. The Bertz CT molecular complexity index is 827. The van der Waals surface area contributed by atoms with E-state index in [4.69, 9.17) is 9.47 Å². The molecule has 1 amide bonds. The fourth-order valence-corrected chi connectivity index (χ4v) is 4.29. The number of anilines is 1. The largest absolute Gasteiger partial charge is 0.496 e. The van der Waals surface area contributed by atoms with Crippen molar-refractivity contribution in [2.45, 2.75) is 12.5 Å². The van der Waals surface area contributed by atoms with E-state index >= 15 is 0 Å². The Morgan fingerprint density at radius 3 is 2.71 bits per heavy atom. The van der Waals surface area contributed by atoms with E-state index in [1.807, 2.05) is 41.3 Å². The highest BCUT2D eigenvalue weighted by atomic mass is 19.1. The van der Waals surface area contributed by atoms with Gasteiger partial charge < -0.3 is 19.3 Å². The van der Waals surface area contributed by atoms with E-state index in [1.165, 1.54) is 12.1 Å². The number of ether oxygens (including phenoxy) is 2. The second-order valence-corrected chi connectivity index (χ2v) is 7.31. The van der Waals surface area contributed by atoms with Crippen molar-refractivity contribution in [2.75, 3.05) is 44.9 Å². The zero-order chi connectivity index (χ0) is 19.5. The molecule has 0 unspecified atom stereocenters. The van der Waals surface area contributed by atoms with Crippen LogP contribution >= 0.6 is 0 Å². The van der Waals surface area contributed by atoms with Gasteiger partial charge in [-0.25, -0.2) is 4.39 Å². The maximum atomic E-state index is 13.3. The van der Waals surface area contributed by atoms with Gasteiger partial charge in [0.15, 0.2) is 0 Å². The summed E-state index contributed by atoms with van der Waals surface area (Å²) in [7, 11) is 1.58. The van der Waals surface area contributed by atoms with E-state index in [2.05, 4.69) is 4.90 Å². The van der Waals surface area contributed by atoms with Crippen LogP contribution < -0.4 is 9.64 Å². The number of hydrogen-bond donors (Lipinski definition) is 0. The molecule has 0 spiro atoms. The van der Waals surface area contributed by atoms with Gasteiger partial charge in [0.2, 0.25) is 0 Å². The third-order valence-corrected chi connectivity index (χ3v) is 5.69. The molecule has 2 atom stereocenters. The molecule has 0 bridgehead atoms. The van der Waals surface area contributed by atoms with Crippen LogP contribution in [0.25, 0.3) is 0 Å². The minimum Gasteiger partial charge on any atom is -0.496 e. The minimum absolute atomic E-state index is 0.00604. The molecule has 148 valence electrons. The topological polar surface area (TPSA) is 42.0 Å². The number of carbonyl (C=O) groups is 1. The number of piperidine rings is 1. The molecule has 2 aliphatic heterocycles. The zero-order valence-electron chi connectivity index (χ0n) is 16.0. The van der Waals surface area contributed by atoms with Gasteiger partial charge in [0.25, 0.3) is 5.91 Å². The van der Waals surface area contributed by atoms with Crippen LogP contribution in [0.1, 0.15) is 16.8 Å². The second-order valence-electron chi connectivity index (χ2n) is 7.31. The van der Waals surface area contributed by atoms with Crippen LogP contribution in [-0.2, 0) is 4.74 Å². The lowest BCUT2D eigenvalue weighted by atomic mass is 9.90. The zero-order valence-corrected chi connectivity index (χ0v) is 16.0. The van der Waals surface area contributed by atoms with E-state index in [0.717, 1.165) is 18.7 Å². The lowest BCUT2D eigenvalue weighted by Gasteiger charge is -2.43. The Balaban J connectivity index is 1.53. The Hall–Kier alpha value is -2.60. The standard InChI is InChI=1S/C22H25FN2O3/c1-27-21-5-3-2-4-19(21)22(26)24-11-10-20-16(14-24)15-28-13-12-25(20)18-8-6-17(23)7-9-18/h2-9,16,20H,10-15H2,1H3/t16-,20+/m1/s1. The van der Waals surface area contributed by atoms with Crippen LogP contribution in [0.4, 0.5) is 10.1 Å². The molecule has 2 aliphatic rings. The first-order valence-corrected chi connectivity index (χ1v) is 9.69. The average Bonchev–Trinajstić information content (AvgIpc) is 2.95. The molecule has 0 aliphatic carbocycles. The van der Waals surface area contributed by atoms with Crippen molar-refractivity contribution < 1.29 is 18.7 Å². The van der Waals surface area contributed by atoms with Gasteiger partial charge in [0, 0.05) is 37.3 Å². The van der Waals surface area contributed by atoms with E-state index in [-0.39, 0.29) is 23.7 Å². The molecule has 2 aromatic carbocycles. The van der Waals surface area contributed by atoms with Crippen molar-refractivity contribution in [3.8, 4) is 5.75 Å². The van der Waals surface area contributed by atoms with Crippen LogP contribution in [0.15, 0.2) is 48.5 Å². The summed E-state index contributed by atoms with van der Waals surface area (Å²) in [4.78, 5) is 17.3. The Morgan fingerprint density at radius 2 is 1.93 bits per heavy atom. The number of likely N-dealkylation sites (tertiary alicyclic amines) is 1. The number of fused-ring (bicyclic) bond motifs is 1. The van der Waals surface area contributed by atoms with Crippen molar-refractivity contribution in [1.82, 2.24) is 4.90 Å². The van der Waals surface area contributed by atoms with E-state index in [0.29, 0.717) is 37.6 Å². The maximum absolute atomic E-state index is 13.3. The highest BCUT2D eigenvalue weighted by Crippen LogP contribution is 2.31. The number of rotatable bonds is 3. The van der Waals surface area contributed by atoms with E-state index in [9.17, 15) is 9.18 Å². The Morgan fingerprint density at radius 1 is 1.14 bits per heavy atom. The summed E-state index contributed by atoms with van der Waals surface area (Å²) in [5.41, 5.74) is 1.60. The number of para-hydroxylation sites is 1. The van der Waals surface area contributed by atoms with Crippen LogP contribution in [0.2, 0.25) is 0 Å². The third kappa shape index (κ3) is 3.69. The number of nitrogens with zero attached hydrogens (tertiary/aromatic N) is 2. The van der Waals surface area contributed by atoms with Gasteiger partial charge in [-0.3, -0.25) is 4.79 Å². The molecule has 6 heteroatoms. The molecule has 2 saturated heterocycles. The van der Waals surface area contributed by atoms with Gasteiger partial charge >= 0.3 is 0 Å². The SMILES string of the molecule is COc1ccccc1C(=O)N1CC[C@H]2[C@@H](COCCN2c2ccc(F)cc2)C1. The second kappa shape index (κ2) is 8.19. The maximum Gasteiger partial charge on any atom is 0.257 e. The fourth-order valence-electron chi connectivity index (χ4n) is 4.29. The van der Waals surface area contributed by atoms with Crippen molar-refractivity contribution in [3.05, 3.63) is 59.9 Å². The summed E-state index contributed by atoms with van der Waals surface area (Å²) in [6.07, 6.45) is 0.853. The number of amides is 1. The molecule has 0 N–H and O–H groups in total. The number of carbonyl (C=O) groups excluding carboxylic acids is 1. The van der Waals surface area contributed by atoms with Gasteiger partial charge in [0.1, 0.15) is 11.6 Å². The van der Waals surface area contributed by atoms with Gasteiger partial charge in [0.05, 0.1) is 25.9 Å². The lowest BCUT2D eigenvalue weighted by Crippen LogP contribution is -2.53. The molecule has 4 rings (SSSR count). The van der Waals surface area contributed by atoms with Crippen molar-refractivity contribution in [3.63, 3.8) is 0 Å². The highest BCUT2D eigenvalue weighted by Gasteiger charge is 2.37. The van der Waals surface area contributed by atoms with Gasteiger partial charge in [-0.2, -0.15) is 0 Å². The van der Waals surface area contributed by atoms with Crippen molar-refractivity contribution in [1.29, 1.82) is 0 Å². The first kappa shape index (κ1) is 18.7. The summed E-state index contributed by atoms with van der Waals surface area (Å²) >= 11 is 0. The fraction of sp³-hybridized carbons (Fsp3) is 0.409. The van der Waals surface area contributed by atoms with Crippen molar-refractivity contribution >= 4 is 11.6 Å². The average molecular weight is 384 g/mol. The quantitative estimate of drug-likeness (QED) is 0.815. The monoisotopic (exact) mass is 384 g/mol. The third-order valence-electron chi connectivity index (χ3n) is 5.69. The smallest absolute Gasteiger partial charge is 0.257 e. The number of methoxy groups -OCH3 is 1. The number of benzene rings is 2. The molecule has 0 aromatic heterocycles. The summed E-state index contributed by atoms with van der Waals surface area (Å²) in [6.45, 7) is 3.34. The summed E-state index contributed by atoms with van der Waals surface area (Å²) in [5, 5.41) is 0. The van der Waals surface area contributed by atoms with Crippen LogP contribution in [0, 0.1) is 11.7 Å². The summed E-state index contributed by atoms with van der Waals surface area (Å²) in [5.74, 6) is 0.566. The Kier molecular flexibility index (Phi) is 5.48. The van der Waals surface area contributed by atoms with Crippen molar-refractivity contribution in [2.24, 2.45) is 5.92 Å². The lowest BCUT2D eigenvalue weighted by molar-refractivity contribution is 0.0518. The Labute approximate surface area is 164 Å².